The van der Waals surface area contributed by atoms with Gasteiger partial charge in [0.15, 0.2) is 0 Å². The van der Waals surface area contributed by atoms with Gasteiger partial charge >= 0.3 is 0 Å². The Hall–Kier alpha value is -1.39. The maximum Gasteiger partial charge on any atom is 0.223 e. The van der Waals surface area contributed by atoms with Crippen LogP contribution in [0.2, 0.25) is 0 Å². The summed E-state index contributed by atoms with van der Waals surface area (Å²) in [4.78, 5) is 4.40. The van der Waals surface area contributed by atoms with E-state index in [0.29, 0.717) is 5.88 Å². The van der Waals surface area contributed by atoms with Crippen molar-refractivity contribution >= 4 is 15.9 Å². The van der Waals surface area contributed by atoms with Crippen LogP contribution in [0, 0.1) is 13.8 Å². The first-order chi connectivity index (χ1) is 10.1. The Morgan fingerprint density at radius 3 is 2.71 bits per heavy atom. The van der Waals surface area contributed by atoms with E-state index in [2.05, 4.69) is 53.1 Å². The molecule has 112 valence electrons. The monoisotopic (exact) mass is 348 g/mol. The van der Waals surface area contributed by atoms with Crippen LogP contribution in [0.15, 0.2) is 34.9 Å². The van der Waals surface area contributed by atoms with Crippen LogP contribution in [0.5, 0.6) is 11.6 Å². The average Bonchev–Trinajstić information content (AvgIpc) is 2.46. The number of ether oxygens (including phenoxy) is 1. The molecular formula is C17H21BrN2O. The van der Waals surface area contributed by atoms with Gasteiger partial charge in [0, 0.05) is 22.8 Å². The third-order valence-corrected chi connectivity index (χ3v) is 3.76. The zero-order valence-corrected chi connectivity index (χ0v) is 14.3. The first-order valence-electron chi connectivity index (χ1n) is 7.20. The second kappa shape index (κ2) is 7.57. The zero-order valence-electron chi connectivity index (χ0n) is 12.7. The lowest BCUT2D eigenvalue weighted by atomic mass is 10.1. The summed E-state index contributed by atoms with van der Waals surface area (Å²) < 4.78 is 6.92. The second-order valence-electron chi connectivity index (χ2n) is 5.14. The number of benzene rings is 1. The molecule has 0 aliphatic heterocycles. The molecule has 3 nitrogen and oxygen atoms in total. The first kappa shape index (κ1) is 16.0. The Balaban J connectivity index is 2.19. The van der Waals surface area contributed by atoms with Crippen LogP contribution < -0.4 is 10.1 Å². The van der Waals surface area contributed by atoms with Gasteiger partial charge in [0.25, 0.3) is 0 Å². The highest BCUT2D eigenvalue weighted by Gasteiger charge is 2.08. The quantitative estimate of drug-likeness (QED) is 0.764. The summed E-state index contributed by atoms with van der Waals surface area (Å²) >= 11 is 3.47. The van der Waals surface area contributed by atoms with Crippen molar-refractivity contribution in [1.82, 2.24) is 10.3 Å². The maximum absolute atomic E-state index is 5.96. The Morgan fingerprint density at radius 1 is 1.19 bits per heavy atom. The minimum Gasteiger partial charge on any atom is -0.439 e. The van der Waals surface area contributed by atoms with Gasteiger partial charge in [0.05, 0.1) is 0 Å². The number of rotatable bonds is 6. The van der Waals surface area contributed by atoms with E-state index in [9.17, 15) is 0 Å². The molecule has 1 heterocycles. The van der Waals surface area contributed by atoms with E-state index in [1.165, 1.54) is 11.1 Å². The Kier molecular flexibility index (Phi) is 5.76. The molecule has 0 radical (unpaired) electrons. The van der Waals surface area contributed by atoms with Crippen molar-refractivity contribution in [2.24, 2.45) is 0 Å². The number of nitrogens with zero attached hydrogens (tertiary/aromatic N) is 1. The molecule has 0 spiro atoms. The fourth-order valence-electron chi connectivity index (χ4n) is 1.98. The van der Waals surface area contributed by atoms with Crippen LogP contribution in [0.25, 0.3) is 0 Å². The van der Waals surface area contributed by atoms with Crippen molar-refractivity contribution in [3.8, 4) is 11.6 Å². The lowest BCUT2D eigenvalue weighted by molar-refractivity contribution is 0.452. The fourth-order valence-corrected chi connectivity index (χ4v) is 2.35. The van der Waals surface area contributed by atoms with Gasteiger partial charge in [-0.25, -0.2) is 4.98 Å². The summed E-state index contributed by atoms with van der Waals surface area (Å²) in [5, 5.41) is 3.38. The normalized spacial score (nSPS) is 10.7. The number of hydrogen-bond donors (Lipinski definition) is 1. The predicted octanol–water partition coefficient (Wildman–Crippen LogP) is 4.75. The van der Waals surface area contributed by atoms with Crippen LogP contribution in [-0.2, 0) is 6.54 Å². The Morgan fingerprint density at radius 2 is 2.00 bits per heavy atom. The molecule has 21 heavy (non-hydrogen) atoms. The van der Waals surface area contributed by atoms with Crippen molar-refractivity contribution in [2.75, 3.05) is 6.54 Å². The van der Waals surface area contributed by atoms with E-state index in [1.54, 1.807) is 6.20 Å². The number of pyridine rings is 1. The van der Waals surface area contributed by atoms with Crippen molar-refractivity contribution < 1.29 is 4.74 Å². The minimum absolute atomic E-state index is 0.657. The van der Waals surface area contributed by atoms with Crippen molar-refractivity contribution in [2.45, 2.75) is 33.7 Å². The fraction of sp³-hybridized carbons (Fsp3) is 0.353. The zero-order chi connectivity index (χ0) is 15.2. The van der Waals surface area contributed by atoms with Gasteiger partial charge < -0.3 is 10.1 Å². The van der Waals surface area contributed by atoms with Gasteiger partial charge in [-0.2, -0.15) is 0 Å². The van der Waals surface area contributed by atoms with Gasteiger partial charge in [-0.15, -0.1) is 0 Å². The van der Waals surface area contributed by atoms with E-state index < -0.39 is 0 Å². The minimum atomic E-state index is 0.657. The van der Waals surface area contributed by atoms with Crippen molar-refractivity contribution in [1.29, 1.82) is 0 Å². The average molecular weight is 349 g/mol. The molecule has 2 rings (SSSR count). The molecule has 0 atom stereocenters. The van der Waals surface area contributed by atoms with Crippen LogP contribution >= 0.6 is 15.9 Å². The molecule has 1 N–H and O–H groups in total. The number of aryl methyl sites for hydroxylation is 2. The molecule has 0 saturated carbocycles. The van der Waals surface area contributed by atoms with Crippen molar-refractivity contribution in [3.63, 3.8) is 0 Å². The SMILES string of the molecule is CCCNCc1cc(Br)cnc1Oc1ccc(C)c(C)c1. The summed E-state index contributed by atoms with van der Waals surface area (Å²) in [6.07, 6.45) is 2.87. The van der Waals surface area contributed by atoms with E-state index in [1.807, 2.05) is 18.2 Å². The largest absolute Gasteiger partial charge is 0.439 e. The van der Waals surface area contributed by atoms with Crippen molar-refractivity contribution in [3.05, 3.63) is 51.6 Å². The molecule has 0 aliphatic rings. The van der Waals surface area contributed by atoms with Gasteiger partial charge in [-0.1, -0.05) is 13.0 Å². The molecule has 0 fully saturated rings. The first-order valence-corrected chi connectivity index (χ1v) is 7.99. The predicted molar refractivity (Wildman–Crippen MR) is 89.9 cm³/mol. The van der Waals surface area contributed by atoms with E-state index in [-0.39, 0.29) is 0 Å². The highest BCUT2D eigenvalue weighted by molar-refractivity contribution is 9.10. The highest BCUT2D eigenvalue weighted by Crippen LogP contribution is 2.26. The molecule has 0 amide bonds. The van der Waals surface area contributed by atoms with Gasteiger partial charge in [-0.3, -0.25) is 0 Å². The van der Waals surface area contributed by atoms with Gasteiger partial charge in [0.1, 0.15) is 5.75 Å². The maximum atomic E-state index is 5.96. The molecule has 0 aliphatic carbocycles. The van der Waals surface area contributed by atoms with Crippen LogP contribution in [-0.4, -0.2) is 11.5 Å². The highest BCUT2D eigenvalue weighted by atomic mass is 79.9. The number of aromatic nitrogens is 1. The Bertz CT molecular complexity index is 614. The topological polar surface area (TPSA) is 34.2 Å². The second-order valence-corrected chi connectivity index (χ2v) is 6.06. The molecule has 0 saturated heterocycles. The summed E-state index contributed by atoms with van der Waals surface area (Å²) in [6.45, 7) is 8.06. The number of nitrogens with one attached hydrogen (secondary N) is 1. The molecular weight excluding hydrogens is 328 g/mol. The summed E-state index contributed by atoms with van der Waals surface area (Å²) in [5.74, 6) is 1.48. The van der Waals surface area contributed by atoms with E-state index in [0.717, 1.165) is 35.3 Å². The van der Waals surface area contributed by atoms with Crippen LogP contribution in [0.4, 0.5) is 0 Å². The summed E-state index contributed by atoms with van der Waals surface area (Å²) in [7, 11) is 0. The van der Waals surface area contributed by atoms with Crippen LogP contribution in [0.1, 0.15) is 30.0 Å². The lowest BCUT2D eigenvalue weighted by Crippen LogP contribution is -2.14. The lowest BCUT2D eigenvalue weighted by Gasteiger charge is -2.12. The molecule has 0 unspecified atom stereocenters. The smallest absolute Gasteiger partial charge is 0.223 e. The third-order valence-electron chi connectivity index (χ3n) is 3.33. The molecule has 2 aromatic rings. The standard InChI is InChI=1S/C17H21BrN2O/c1-4-7-19-10-14-9-15(18)11-20-17(14)21-16-6-5-12(2)13(3)8-16/h5-6,8-9,11,19H,4,7,10H2,1-3H3. The van der Waals surface area contributed by atoms with E-state index >= 15 is 0 Å². The number of halogens is 1. The summed E-state index contributed by atoms with van der Waals surface area (Å²) in [5.41, 5.74) is 3.53. The van der Waals surface area contributed by atoms with Gasteiger partial charge in [0.2, 0.25) is 5.88 Å². The van der Waals surface area contributed by atoms with E-state index in [4.69, 9.17) is 4.74 Å². The number of hydrogen-bond acceptors (Lipinski definition) is 3. The molecule has 1 aromatic carbocycles. The van der Waals surface area contributed by atoms with Crippen LogP contribution in [0.3, 0.4) is 0 Å². The molecule has 1 aromatic heterocycles. The third kappa shape index (κ3) is 4.55. The molecule has 0 bridgehead atoms. The molecule has 4 heteroatoms. The van der Waals surface area contributed by atoms with Gasteiger partial charge in [-0.05, 0) is 72.1 Å². The summed E-state index contributed by atoms with van der Waals surface area (Å²) in [6, 6.07) is 8.14. The Labute approximate surface area is 134 Å².